The summed E-state index contributed by atoms with van der Waals surface area (Å²) in [5.41, 5.74) is 1.62. The van der Waals surface area contributed by atoms with Crippen molar-refractivity contribution in [2.75, 3.05) is 18.6 Å². The van der Waals surface area contributed by atoms with E-state index in [2.05, 4.69) is 17.2 Å². The van der Waals surface area contributed by atoms with Crippen LogP contribution in [0.1, 0.15) is 19.8 Å². The molecule has 1 aliphatic rings. The van der Waals surface area contributed by atoms with Gasteiger partial charge in [-0.05, 0) is 31.9 Å². The fourth-order valence-corrected chi connectivity index (χ4v) is 2.80. The average molecular weight is 285 g/mol. The quantitative estimate of drug-likeness (QED) is 0.923. The SMILES string of the molecule is COc1cc(N2C(=O)NCCCC2C)c2ncccc2c1. The standard InChI is InChI=1S/C16H19N3O2/c1-11-5-3-8-18-16(20)19(11)14-10-13(21-2)9-12-6-4-7-17-15(12)14/h4,6-7,9-11H,3,5,8H2,1-2H3,(H,18,20). The van der Waals surface area contributed by atoms with Crippen molar-refractivity contribution >= 4 is 22.6 Å². The molecule has 0 bridgehead atoms. The maximum absolute atomic E-state index is 12.4. The number of hydrogen-bond donors (Lipinski definition) is 1. The van der Waals surface area contributed by atoms with Gasteiger partial charge in [-0.25, -0.2) is 4.79 Å². The summed E-state index contributed by atoms with van der Waals surface area (Å²) in [6.07, 6.45) is 3.70. The summed E-state index contributed by atoms with van der Waals surface area (Å²) in [6.45, 7) is 2.79. The van der Waals surface area contributed by atoms with Gasteiger partial charge in [0, 0.05) is 30.2 Å². The van der Waals surface area contributed by atoms with Crippen molar-refractivity contribution in [2.45, 2.75) is 25.8 Å². The van der Waals surface area contributed by atoms with E-state index in [1.54, 1.807) is 18.2 Å². The Hall–Kier alpha value is -2.30. The minimum atomic E-state index is -0.0693. The second-order valence-corrected chi connectivity index (χ2v) is 5.31. The van der Waals surface area contributed by atoms with Gasteiger partial charge < -0.3 is 10.1 Å². The molecule has 1 atom stereocenters. The van der Waals surface area contributed by atoms with Crippen LogP contribution >= 0.6 is 0 Å². The Labute approximate surface area is 123 Å². The number of ether oxygens (including phenoxy) is 1. The molecule has 110 valence electrons. The van der Waals surface area contributed by atoms with Crippen molar-refractivity contribution in [3.05, 3.63) is 30.5 Å². The van der Waals surface area contributed by atoms with Crippen molar-refractivity contribution in [3.8, 4) is 5.75 Å². The number of amides is 2. The zero-order chi connectivity index (χ0) is 14.8. The number of nitrogens with zero attached hydrogens (tertiary/aromatic N) is 2. The van der Waals surface area contributed by atoms with Gasteiger partial charge in [-0.1, -0.05) is 6.07 Å². The summed E-state index contributed by atoms with van der Waals surface area (Å²) in [4.78, 5) is 18.7. The van der Waals surface area contributed by atoms with Gasteiger partial charge in [0.25, 0.3) is 0 Å². The molecule has 2 heterocycles. The van der Waals surface area contributed by atoms with Crippen LogP contribution in [0.3, 0.4) is 0 Å². The van der Waals surface area contributed by atoms with Crippen LogP contribution in [0.15, 0.2) is 30.5 Å². The highest BCUT2D eigenvalue weighted by Crippen LogP contribution is 2.33. The van der Waals surface area contributed by atoms with Gasteiger partial charge in [0.2, 0.25) is 0 Å². The molecule has 1 N–H and O–H groups in total. The minimum Gasteiger partial charge on any atom is -0.497 e. The molecule has 5 heteroatoms. The van der Waals surface area contributed by atoms with Gasteiger partial charge >= 0.3 is 6.03 Å². The summed E-state index contributed by atoms with van der Waals surface area (Å²) in [5, 5.41) is 3.91. The first-order valence-electron chi connectivity index (χ1n) is 7.20. The highest BCUT2D eigenvalue weighted by Gasteiger charge is 2.26. The summed E-state index contributed by atoms with van der Waals surface area (Å²) in [6, 6.07) is 7.75. The topological polar surface area (TPSA) is 54.5 Å². The molecule has 1 unspecified atom stereocenters. The average Bonchev–Trinajstić information content (AvgIpc) is 2.67. The van der Waals surface area contributed by atoms with E-state index in [1.165, 1.54) is 0 Å². The molecular formula is C16H19N3O2. The van der Waals surface area contributed by atoms with E-state index in [1.807, 2.05) is 24.3 Å². The first-order valence-corrected chi connectivity index (χ1v) is 7.20. The van der Waals surface area contributed by atoms with Crippen LogP contribution in [0.4, 0.5) is 10.5 Å². The van der Waals surface area contributed by atoms with E-state index in [4.69, 9.17) is 4.74 Å². The van der Waals surface area contributed by atoms with Gasteiger partial charge in [0.05, 0.1) is 18.3 Å². The summed E-state index contributed by atoms with van der Waals surface area (Å²) in [7, 11) is 1.63. The highest BCUT2D eigenvalue weighted by molar-refractivity contribution is 6.02. The van der Waals surface area contributed by atoms with Gasteiger partial charge in [-0.3, -0.25) is 9.88 Å². The molecule has 21 heavy (non-hydrogen) atoms. The Bertz CT molecular complexity index is 672. The number of aromatic nitrogens is 1. The van der Waals surface area contributed by atoms with E-state index in [0.717, 1.165) is 41.7 Å². The first-order chi connectivity index (χ1) is 10.2. The van der Waals surface area contributed by atoms with Crippen molar-refractivity contribution < 1.29 is 9.53 Å². The van der Waals surface area contributed by atoms with E-state index >= 15 is 0 Å². The fourth-order valence-electron chi connectivity index (χ4n) is 2.80. The van der Waals surface area contributed by atoms with E-state index < -0.39 is 0 Å². The normalized spacial score (nSPS) is 19.2. The molecule has 2 amide bonds. The summed E-state index contributed by atoms with van der Waals surface area (Å²) >= 11 is 0. The zero-order valence-electron chi connectivity index (χ0n) is 12.3. The third-order valence-electron chi connectivity index (χ3n) is 3.89. The molecule has 5 nitrogen and oxygen atoms in total. The lowest BCUT2D eigenvalue weighted by molar-refractivity contribution is 0.246. The second-order valence-electron chi connectivity index (χ2n) is 5.31. The van der Waals surface area contributed by atoms with E-state index in [-0.39, 0.29) is 12.1 Å². The molecule has 1 aromatic heterocycles. The number of fused-ring (bicyclic) bond motifs is 1. The number of methoxy groups -OCH3 is 1. The summed E-state index contributed by atoms with van der Waals surface area (Å²) in [5.74, 6) is 0.731. The van der Waals surface area contributed by atoms with Crippen LogP contribution < -0.4 is 15.0 Å². The van der Waals surface area contributed by atoms with E-state index in [0.29, 0.717) is 0 Å². The van der Waals surface area contributed by atoms with Crippen LogP contribution in [-0.2, 0) is 0 Å². The predicted octanol–water partition coefficient (Wildman–Crippen LogP) is 2.94. The third kappa shape index (κ3) is 2.51. The molecule has 0 saturated carbocycles. The number of hydrogen-bond acceptors (Lipinski definition) is 3. The van der Waals surface area contributed by atoms with Crippen LogP contribution in [0.25, 0.3) is 10.9 Å². The highest BCUT2D eigenvalue weighted by atomic mass is 16.5. The Kier molecular flexibility index (Phi) is 3.64. The lowest BCUT2D eigenvalue weighted by Crippen LogP contribution is -2.42. The molecule has 0 radical (unpaired) electrons. The molecule has 0 aliphatic carbocycles. The third-order valence-corrected chi connectivity index (χ3v) is 3.89. The number of carbonyl (C=O) groups is 1. The number of rotatable bonds is 2. The fraction of sp³-hybridized carbons (Fsp3) is 0.375. The Morgan fingerprint density at radius 1 is 1.43 bits per heavy atom. The van der Waals surface area contributed by atoms with Gasteiger partial charge in [0.1, 0.15) is 5.75 Å². The van der Waals surface area contributed by atoms with Crippen LogP contribution in [0.5, 0.6) is 5.75 Å². The van der Waals surface area contributed by atoms with Crippen molar-refractivity contribution in [2.24, 2.45) is 0 Å². The van der Waals surface area contributed by atoms with Gasteiger partial charge in [-0.2, -0.15) is 0 Å². The van der Waals surface area contributed by atoms with Crippen LogP contribution in [0.2, 0.25) is 0 Å². The first kappa shape index (κ1) is 13.7. The molecule has 0 spiro atoms. The molecule has 1 fully saturated rings. The summed E-state index contributed by atoms with van der Waals surface area (Å²) < 4.78 is 5.37. The minimum absolute atomic E-state index is 0.0693. The van der Waals surface area contributed by atoms with Crippen molar-refractivity contribution in [1.29, 1.82) is 0 Å². The Balaban J connectivity index is 2.19. The Morgan fingerprint density at radius 2 is 2.29 bits per heavy atom. The number of anilines is 1. The molecule has 1 aromatic carbocycles. The lowest BCUT2D eigenvalue weighted by atomic mass is 10.1. The number of urea groups is 1. The molecule has 3 rings (SSSR count). The maximum Gasteiger partial charge on any atom is 0.322 e. The van der Waals surface area contributed by atoms with Gasteiger partial charge in [0.15, 0.2) is 0 Å². The molecule has 1 saturated heterocycles. The lowest BCUT2D eigenvalue weighted by Gasteiger charge is -2.28. The van der Waals surface area contributed by atoms with Crippen molar-refractivity contribution in [1.82, 2.24) is 10.3 Å². The monoisotopic (exact) mass is 285 g/mol. The van der Waals surface area contributed by atoms with Crippen LogP contribution in [-0.4, -0.2) is 30.7 Å². The number of pyridine rings is 1. The smallest absolute Gasteiger partial charge is 0.322 e. The second kappa shape index (κ2) is 5.60. The maximum atomic E-state index is 12.4. The van der Waals surface area contributed by atoms with Crippen molar-refractivity contribution in [3.63, 3.8) is 0 Å². The van der Waals surface area contributed by atoms with Gasteiger partial charge in [-0.15, -0.1) is 0 Å². The zero-order valence-corrected chi connectivity index (χ0v) is 12.3. The largest absolute Gasteiger partial charge is 0.497 e. The van der Waals surface area contributed by atoms with E-state index in [9.17, 15) is 4.79 Å². The number of nitrogens with one attached hydrogen (secondary N) is 1. The molecular weight excluding hydrogens is 266 g/mol. The number of carbonyl (C=O) groups excluding carboxylic acids is 1. The molecule has 1 aliphatic heterocycles. The Morgan fingerprint density at radius 3 is 3.10 bits per heavy atom. The van der Waals surface area contributed by atoms with Crippen LogP contribution in [0, 0.1) is 0 Å². The predicted molar refractivity (Wildman–Crippen MR) is 82.9 cm³/mol. The molecule has 2 aromatic rings. The number of benzene rings is 1.